The van der Waals surface area contributed by atoms with Gasteiger partial charge in [0.2, 0.25) is 0 Å². The highest BCUT2D eigenvalue weighted by Gasteiger charge is 2.38. The molecule has 2 heterocycles. The number of rotatable bonds is 4. The standard InChI is InChI=1S/C22H28N2O/c1-25-21-8-7-19(18-5-3-2-4-6-18)15-20(21)16-24-14-11-22(17-24)9-12-23-13-10-22/h2-8,15,23H,9-14,16-17H2,1H3. The molecule has 0 aliphatic carbocycles. The van der Waals surface area contributed by atoms with Crippen LogP contribution in [0.15, 0.2) is 48.5 Å². The van der Waals surface area contributed by atoms with E-state index in [1.54, 1.807) is 7.11 Å². The third kappa shape index (κ3) is 3.58. The van der Waals surface area contributed by atoms with Gasteiger partial charge >= 0.3 is 0 Å². The van der Waals surface area contributed by atoms with Crippen molar-refractivity contribution in [3.8, 4) is 16.9 Å². The number of piperidine rings is 1. The first kappa shape index (κ1) is 16.6. The van der Waals surface area contributed by atoms with Crippen molar-refractivity contribution in [3.05, 3.63) is 54.1 Å². The molecule has 0 aromatic heterocycles. The smallest absolute Gasteiger partial charge is 0.123 e. The number of methoxy groups -OCH3 is 1. The Kier molecular flexibility index (Phi) is 4.78. The zero-order valence-corrected chi connectivity index (χ0v) is 15.1. The van der Waals surface area contributed by atoms with Crippen molar-refractivity contribution in [3.63, 3.8) is 0 Å². The van der Waals surface area contributed by atoms with Crippen LogP contribution in [0, 0.1) is 5.41 Å². The first-order valence-electron chi connectivity index (χ1n) is 9.43. The van der Waals surface area contributed by atoms with E-state index in [-0.39, 0.29) is 0 Å². The SMILES string of the molecule is COc1ccc(-c2ccccc2)cc1CN1CCC2(CCNCC2)C1. The molecule has 3 nitrogen and oxygen atoms in total. The molecular weight excluding hydrogens is 308 g/mol. The summed E-state index contributed by atoms with van der Waals surface area (Å²) in [6.07, 6.45) is 3.99. The van der Waals surface area contributed by atoms with E-state index in [0.29, 0.717) is 5.41 Å². The van der Waals surface area contributed by atoms with Crippen molar-refractivity contribution in [2.24, 2.45) is 5.41 Å². The summed E-state index contributed by atoms with van der Waals surface area (Å²) in [5, 5.41) is 3.51. The molecule has 0 bridgehead atoms. The van der Waals surface area contributed by atoms with Gasteiger partial charge in [0.1, 0.15) is 5.75 Å². The molecule has 1 spiro atoms. The van der Waals surface area contributed by atoms with E-state index in [4.69, 9.17) is 4.74 Å². The lowest BCUT2D eigenvalue weighted by molar-refractivity contribution is 0.193. The van der Waals surface area contributed by atoms with Gasteiger partial charge in [-0.3, -0.25) is 4.90 Å². The van der Waals surface area contributed by atoms with Crippen LogP contribution >= 0.6 is 0 Å². The molecule has 2 aliphatic heterocycles. The lowest BCUT2D eigenvalue weighted by Crippen LogP contribution is -2.38. The summed E-state index contributed by atoms with van der Waals surface area (Å²) in [6.45, 7) is 5.78. The Labute approximate surface area is 151 Å². The Morgan fingerprint density at radius 2 is 1.80 bits per heavy atom. The Morgan fingerprint density at radius 3 is 2.56 bits per heavy atom. The highest BCUT2D eigenvalue weighted by Crippen LogP contribution is 2.39. The molecule has 2 aliphatic rings. The summed E-state index contributed by atoms with van der Waals surface area (Å²) < 4.78 is 5.65. The lowest BCUT2D eigenvalue weighted by atomic mass is 9.78. The molecule has 132 valence electrons. The van der Waals surface area contributed by atoms with Crippen LogP contribution in [0.2, 0.25) is 0 Å². The third-order valence-electron chi connectivity index (χ3n) is 5.96. The fourth-order valence-corrected chi connectivity index (χ4v) is 4.48. The van der Waals surface area contributed by atoms with E-state index in [0.717, 1.165) is 12.3 Å². The molecule has 0 unspecified atom stereocenters. The predicted octanol–water partition coefficient (Wildman–Crippen LogP) is 3.94. The number of likely N-dealkylation sites (tertiary alicyclic amines) is 1. The molecule has 4 rings (SSSR count). The monoisotopic (exact) mass is 336 g/mol. The Morgan fingerprint density at radius 1 is 1.00 bits per heavy atom. The maximum atomic E-state index is 5.65. The molecule has 2 fully saturated rings. The maximum Gasteiger partial charge on any atom is 0.123 e. The first-order chi connectivity index (χ1) is 12.3. The second kappa shape index (κ2) is 7.19. The van der Waals surface area contributed by atoms with Crippen LogP contribution in [0.5, 0.6) is 5.75 Å². The molecule has 0 atom stereocenters. The highest BCUT2D eigenvalue weighted by molar-refractivity contribution is 5.65. The van der Waals surface area contributed by atoms with Gasteiger partial charge in [-0.15, -0.1) is 0 Å². The second-order valence-corrected chi connectivity index (χ2v) is 7.60. The van der Waals surface area contributed by atoms with E-state index in [1.807, 2.05) is 0 Å². The summed E-state index contributed by atoms with van der Waals surface area (Å²) in [5.74, 6) is 1.01. The zero-order chi connectivity index (χ0) is 17.1. The summed E-state index contributed by atoms with van der Waals surface area (Å²) in [5.41, 5.74) is 4.39. The molecule has 25 heavy (non-hydrogen) atoms. The van der Waals surface area contributed by atoms with Gasteiger partial charge in [-0.05, 0) is 67.6 Å². The van der Waals surface area contributed by atoms with Gasteiger partial charge in [0.15, 0.2) is 0 Å². The van der Waals surface area contributed by atoms with E-state index >= 15 is 0 Å². The molecule has 2 aromatic carbocycles. The minimum atomic E-state index is 0.551. The van der Waals surface area contributed by atoms with Gasteiger partial charge < -0.3 is 10.1 Å². The van der Waals surface area contributed by atoms with Crippen LogP contribution in [0.4, 0.5) is 0 Å². The maximum absolute atomic E-state index is 5.65. The zero-order valence-electron chi connectivity index (χ0n) is 15.1. The average Bonchev–Trinajstić information content (AvgIpc) is 3.05. The minimum absolute atomic E-state index is 0.551. The number of hydrogen-bond acceptors (Lipinski definition) is 3. The van der Waals surface area contributed by atoms with Gasteiger partial charge in [0.25, 0.3) is 0 Å². The molecule has 0 saturated carbocycles. The summed E-state index contributed by atoms with van der Waals surface area (Å²) >= 11 is 0. The molecule has 0 amide bonds. The third-order valence-corrected chi connectivity index (χ3v) is 5.96. The van der Waals surface area contributed by atoms with Crippen molar-refractivity contribution in [2.45, 2.75) is 25.8 Å². The molecule has 0 radical (unpaired) electrons. The Hall–Kier alpha value is -1.84. The predicted molar refractivity (Wildman–Crippen MR) is 103 cm³/mol. The van der Waals surface area contributed by atoms with E-state index < -0.39 is 0 Å². The van der Waals surface area contributed by atoms with Crippen LogP contribution in [0.1, 0.15) is 24.8 Å². The largest absolute Gasteiger partial charge is 0.496 e. The molecule has 3 heteroatoms. The van der Waals surface area contributed by atoms with Crippen molar-refractivity contribution in [2.75, 3.05) is 33.3 Å². The van der Waals surface area contributed by atoms with Crippen molar-refractivity contribution < 1.29 is 4.74 Å². The molecule has 2 aromatic rings. The number of benzene rings is 2. The van der Waals surface area contributed by atoms with Crippen molar-refractivity contribution >= 4 is 0 Å². The summed E-state index contributed by atoms with van der Waals surface area (Å²) in [4.78, 5) is 2.62. The molecular formula is C22H28N2O. The highest BCUT2D eigenvalue weighted by atomic mass is 16.5. The van der Waals surface area contributed by atoms with Gasteiger partial charge in [-0.1, -0.05) is 36.4 Å². The number of nitrogens with one attached hydrogen (secondary N) is 1. The second-order valence-electron chi connectivity index (χ2n) is 7.60. The van der Waals surface area contributed by atoms with Gasteiger partial charge in [0.05, 0.1) is 7.11 Å². The first-order valence-corrected chi connectivity index (χ1v) is 9.43. The number of hydrogen-bond donors (Lipinski definition) is 1. The number of ether oxygens (including phenoxy) is 1. The minimum Gasteiger partial charge on any atom is -0.496 e. The van der Waals surface area contributed by atoms with E-state index in [9.17, 15) is 0 Å². The molecule has 1 N–H and O–H groups in total. The molecule has 2 saturated heterocycles. The fourth-order valence-electron chi connectivity index (χ4n) is 4.48. The van der Waals surface area contributed by atoms with Gasteiger partial charge in [-0.2, -0.15) is 0 Å². The quantitative estimate of drug-likeness (QED) is 0.915. The average molecular weight is 336 g/mol. The van der Waals surface area contributed by atoms with E-state index in [1.165, 1.54) is 62.1 Å². The van der Waals surface area contributed by atoms with Crippen molar-refractivity contribution in [1.29, 1.82) is 0 Å². The van der Waals surface area contributed by atoms with Crippen molar-refractivity contribution in [1.82, 2.24) is 10.2 Å². The van der Waals surface area contributed by atoms with E-state index in [2.05, 4.69) is 58.7 Å². The fraction of sp³-hybridized carbons (Fsp3) is 0.455. The van der Waals surface area contributed by atoms with Crippen LogP contribution < -0.4 is 10.1 Å². The van der Waals surface area contributed by atoms with Crippen LogP contribution in [-0.4, -0.2) is 38.2 Å². The summed E-state index contributed by atoms with van der Waals surface area (Å²) in [7, 11) is 1.78. The lowest BCUT2D eigenvalue weighted by Gasteiger charge is -2.34. The van der Waals surface area contributed by atoms with Crippen LogP contribution in [0.3, 0.4) is 0 Å². The Bertz CT molecular complexity index is 707. The van der Waals surface area contributed by atoms with Crippen LogP contribution in [-0.2, 0) is 6.54 Å². The normalized spacial score (nSPS) is 20.0. The number of nitrogens with zero attached hydrogens (tertiary/aromatic N) is 1. The van der Waals surface area contributed by atoms with Gasteiger partial charge in [0, 0.05) is 18.7 Å². The summed E-state index contributed by atoms with van der Waals surface area (Å²) in [6, 6.07) is 17.2. The van der Waals surface area contributed by atoms with Gasteiger partial charge in [-0.25, -0.2) is 0 Å². The topological polar surface area (TPSA) is 24.5 Å². The Balaban J connectivity index is 1.53. The van der Waals surface area contributed by atoms with Crippen LogP contribution in [0.25, 0.3) is 11.1 Å².